The normalized spacial score (nSPS) is 13.7. The molecule has 0 radical (unpaired) electrons. The summed E-state index contributed by atoms with van der Waals surface area (Å²) in [6, 6.07) is 9.93. The maximum Gasteiger partial charge on any atom is 0.407 e. The number of rotatable bonds is 7. The van der Waals surface area contributed by atoms with E-state index in [0.717, 1.165) is 22.7 Å². The minimum absolute atomic E-state index is 0.0691. The molecule has 1 N–H and O–H groups in total. The summed E-state index contributed by atoms with van der Waals surface area (Å²) in [4.78, 5) is 18.5. The van der Waals surface area contributed by atoms with Crippen LogP contribution < -0.4 is 15.0 Å². The molecule has 2 heterocycles. The van der Waals surface area contributed by atoms with Crippen molar-refractivity contribution in [2.75, 3.05) is 38.4 Å². The fourth-order valence-corrected chi connectivity index (χ4v) is 4.50. The Hall–Kier alpha value is -3.61. The average Bonchev–Trinajstić information content (AvgIpc) is 2.81. The van der Waals surface area contributed by atoms with Gasteiger partial charge >= 0.3 is 6.09 Å². The van der Waals surface area contributed by atoms with E-state index < -0.39 is 17.5 Å². The molecule has 1 saturated heterocycles. The van der Waals surface area contributed by atoms with Crippen LogP contribution in [0.3, 0.4) is 0 Å². The predicted molar refractivity (Wildman–Crippen MR) is 139 cm³/mol. The highest BCUT2D eigenvalue weighted by molar-refractivity contribution is 6.34. The van der Waals surface area contributed by atoms with Gasteiger partial charge in [0.2, 0.25) is 0 Å². The summed E-state index contributed by atoms with van der Waals surface area (Å²) < 4.78 is 30.3. The third kappa shape index (κ3) is 6.04. The number of hydrogen-bond acceptors (Lipinski definition) is 7. The summed E-state index contributed by atoms with van der Waals surface area (Å²) in [5.74, 6) is -0.0896. The molecule has 1 amide bonds. The highest BCUT2D eigenvalue weighted by Gasteiger charge is 2.30. The number of benzene rings is 2. The Kier molecular flexibility index (Phi) is 7.71. The van der Waals surface area contributed by atoms with Crippen molar-refractivity contribution in [2.45, 2.75) is 26.4 Å². The molecule has 2 aromatic carbocycles. The van der Waals surface area contributed by atoms with E-state index in [9.17, 15) is 14.4 Å². The lowest BCUT2D eigenvalue weighted by Crippen LogP contribution is -2.52. The molecule has 10 heteroatoms. The van der Waals surface area contributed by atoms with Crippen molar-refractivity contribution in [1.82, 2.24) is 10.3 Å². The number of carbonyl (C=O) groups excluding carboxylic acids is 1. The highest BCUT2D eigenvalue weighted by atomic mass is 35.5. The maximum atomic E-state index is 14.4. The molecule has 0 spiro atoms. The largest absolute Gasteiger partial charge is 0.466 e. The Balaban J connectivity index is 1.62. The SMILES string of the molecule is COCOc1c(C#N)cc(F)cc1-c1ccc2ncc(Cl)c(N3CC(CNC(=O)OC(C)(C)C)C3)c2c1. The standard InChI is InChI=1S/C27H28ClFN4O4/c1-27(2,3)37-26(34)32-11-16-13-33(14-16)24-21-8-17(5-6-23(21)31-12-22(24)28)20-9-19(29)7-18(10-30)25(20)36-15-35-4/h5-9,12,16H,11,13-15H2,1-4H3,(H,32,34). The summed E-state index contributed by atoms with van der Waals surface area (Å²) in [7, 11) is 1.47. The van der Waals surface area contributed by atoms with Gasteiger partial charge in [-0.3, -0.25) is 4.98 Å². The number of carbonyl (C=O) groups is 1. The molecule has 1 fully saturated rings. The van der Waals surface area contributed by atoms with Gasteiger partial charge in [0.25, 0.3) is 0 Å². The minimum atomic E-state index is -0.555. The zero-order chi connectivity index (χ0) is 26.7. The number of amides is 1. The van der Waals surface area contributed by atoms with E-state index in [0.29, 0.717) is 35.8 Å². The molecule has 8 nitrogen and oxygen atoms in total. The molecule has 37 heavy (non-hydrogen) atoms. The zero-order valence-electron chi connectivity index (χ0n) is 21.1. The van der Waals surface area contributed by atoms with Gasteiger partial charge in [-0.2, -0.15) is 5.26 Å². The van der Waals surface area contributed by atoms with E-state index >= 15 is 0 Å². The molecule has 0 unspecified atom stereocenters. The number of fused-ring (bicyclic) bond motifs is 1. The molecule has 0 atom stereocenters. The number of nitrogens with zero attached hydrogens (tertiary/aromatic N) is 3. The lowest BCUT2D eigenvalue weighted by atomic mass is 9.96. The average molecular weight is 527 g/mol. The molecule has 194 valence electrons. The van der Waals surface area contributed by atoms with Crippen molar-refractivity contribution in [3.05, 3.63) is 52.9 Å². The zero-order valence-corrected chi connectivity index (χ0v) is 21.9. The quantitative estimate of drug-likeness (QED) is 0.405. The van der Waals surface area contributed by atoms with E-state index in [1.165, 1.54) is 13.2 Å². The van der Waals surface area contributed by atoms with Crippen LogP contribution in [0.1, 0.15) is 26.3 Å². The van der Waals surface area contributed by atoms with Crippen molar-refractivity contribution < 1.29 is 23.4 Å². The number of pyridine rings is 1. The number of nitriles is 1. The molecular weight excluding hydrogens is 499 g/mol. The van der Waals surface area contributed by atoms with Crippen molar-refractivity contribution >= 4 is 34.3 Å². The van der Waals surface area contributed by atoms with E-state index in [-0.39, 0.29) is 24.0 Å². The smallest absolute Gasteiger partial charge is 0.407 e. The van der Waals surface area contributed by atoms with Crippen LogP contribution in [0.25, 0.3) is 22.0 Å². The summed E-state index contributed by atoms with van der Waals surface area (Å²) in [5.41, 5.74) is 2.10. The lowest BCUT2D eigenvalue weighted by Gasteiger charge is -2.42. The first-order valence-corrected chi connectivity index (χ1v) is 12.1. The highest BCUT2D eigenvalue weighted by Crippen LogP contribution is 2.41. The molecule has 0 saturated carbocycles. The van der Waals surface area contributed by atoms with E-state index in [4.69, 9.17) is 25.8 Å². The molecule has 3 aromatic rings. The molecule has 1 aliphatic heterocycles. The monoisotopic (exact) mass is 526 g/mol. The number of alkyl carbamates (subject to hydrolysis) is 1. The van der Waals surface area contributed by atoms with Crippen LogP contribution in [-0.4, -0.2) is 50.2 Å². The molecule has 1 aliphatic rings. The molecular formula is C27H28ClFN4O4. The van der Waals surface area contributed by atoms with Crippen LogP contribution in [0.4, 0.5) is 14.9 Å². The number of hydrogen-bond donors (Lipinski definition) is 1. The van der Waals surface area contributed by atoms with Crippen LogP contribution in [0, 0.1) is 23.1 Å². The molecule has 0 bridgehead atoms. The second kappa shape index (κ2) is 10.8. The number of ether oxygens (including phenoxy) is 3. The molecule has 4 rings (SSSR count). The first-order valence-electron chi connectivity index (χ1n) is 11.8. The third-order valence-corrected chi connectivity index (χ3v) is 6.09. The van der Waals surface area contributed by atoms with Gasteiger partial charge in [-0.05, 0) is 50.6 Å². The van der Waals surface area contributed by atoms with Gasteiger partial charge in [-0.1, -0.05) is 17.7 Å². The van der Waals surface area contributed by atoms with Gasteiger partial charge in [0.15, 0.2) is 6.79 Å². The van der Waals surface area contributed by atoms with Gasteiger partial charge in [0.05, 0.1) is 21.8 Å². The maximum absolute atomic E-state index is 14.4. The van der Waals surface area contributed by atoms with Crippen LogP contribution in [0.2, 0.25) is 5.02 Å². The Bertz CT molecular complexity index is 1360. The predicted octanol–water partition coefficient (Wildman–Crippen LogP) is 5.51. The number of aromatic nitrogens is 1. The Labute approximate surface area is 219 Å². The van der Waals surface area contributed by atoms with Crippen molar-refractivity contribution in [1.29, 1.82) is 5.26 Å². The van der Waals surface area contributed by atoms with Gasteiger partial charge in [0, 0.05) is 49.8 Å². The molecule has 1 aromatic heterocycles. The first kappa shape index (κ1) is 26.5. The first-order chi connectivity index (χ1) is 17.6. The van der Waals surface area contributed by atoms with Crippen molar-refractivity contribution in [3.8, 4) is 22.9 Å². The topological polar surface area (TPSA) is 96.7 Å². The second-order valence-corrected chi connectivity index (χ2v) is 10.2. The van der Waals surface area contributed by atoms with Crippen LogP contribution >= 0.6 is 11.6 Å². The van der Waals surface area contributed by atoms with Gasteiger partial charge in [-0.25, -0.2) is 9.18 Å². The van der Waals surface area contributed by atoms with E-state index in [1.54, 1.807) is 12.3 Å². The Morgan fingerprint density at radius 1 is 1.30 bits per heavy atom. The number of methoxy groups -OCH3 is 1. The van der Waals surface area contributed by atoms with Gasteiger partial charge in [-0.15, -0.1) is 0 Å². The molecule has 0 aliphatic carbocycles. The summed E-state index contributed by atoms with van der Waals surface area (Å²) in [6.45, 7) is 7.21. The number of anilines is 1. The number of nitrogens with one attached hydrogen (secondary N) is 1. The Morgan fingerprint density at radius 3 is 2.73 bits per heavy atom. The van der Waals surface area contributed by atoms with Crippen molar-refractivity contribution in [3.63, 3.8) is 0 Å². The van der Waals surface area contributed by atoms with Crippen LogP contribution in [0.5, 0.6) is 5.75 Å². The van der Waals surface area contributed by atoms with E-state index in [2.05, 4.69) is 15.2 Å². The second-order valence-electron chi connectivity index (χ2n) is 9.83. The van der Waals surface area contributed by atoms with Gasteiger partial charge in [0.1, 0.15) is 23.2 Å². The summed E-state index contributed by atoms with van der Waals surface area (Å²) in [5, 5.41) is 13.6. The lowest BCUT2D eigenvalue weighted by molar-refractivity contribution is 0.0510. The van der Waals surface area contributed by atoms with Gasteiger partial charge < -0.3 is 24.4 Å². The van der Waals surface area contributed by atoms with Crippen molar-refractivity contribution in [2.24, 2.45) is 5.92 Å². The van der Waals surface area contributed by atoms with Crippen LogP contribution in [-0.2, 0) is 9.47 Å². The summed E-state index contributed by atoms with van der Waals surface area (Å²) in [6.07, 6.45) is 1.16. The fraction of sp³-hybridized carbons (Fsp3) is 0.370. The Morgan fingerprint density at radius 2 is 2.05 bits per heavy atom. The number of halogens is 2. The summed E-state index contributed by atoms with van der Waals surface area (Å²) >= 11 is 6.59. The minimum Gasteiger partial charge on any atom is -0.466 e. The van der Waals surface area contributed by atoms with Crippen LogP contribution in [0.15, 0.2) is 36.5 Å². The third-order valence-electron chi connectivity index (χ3n) is 5.81. The van der Waals surface area contributed by atoms with E-state index in [1.807, 2.05) is 39.0 Å². The fourth-order valence-electron chi connectivity index (χ4n) is 4.23.